The van der Waals surface area contributed by atoms with E-state index < -0.39 is 39.6 Å². The molecule has 3 aromatic rings. The fourth-order valence-corrected chi connectivity index (χ4v) is 6.24. The molecule has 0 aliphatic carbocycles. The molecule has 0 fully saturated rings. The van der Waals surface area contributed by atoms with Gasteiger partial charge in [0.05, 0.1) is 10.8 Å². The molecule has 0 spiro atoms. The van der Waals surface area contributed by atoms with Crippen LogP contribution in [0.2, 0.25) is 0 Å². The molecule has 3 N–H and O–H groups in total. The number of hydrogen-bond acceptors (Lipinski definition) is 7. The Balaban J connectivity index is 1.76. The summed E-state index contributed by atoms with van der Waals surface area (Å²) in [4.78, 5) is 39.0. The van der Waals surface area contributed by atoms with Gasteiger partial charge in [0.1, 0.15) is 17.7 Å². The van der Waals surface area contributed by atoms with E-state index in [2.05, 4.69) is 17.9 Å². The van der Waals surface area contributed by atoms with E-state index in [-0.39, 0.29) is 71.6 Å². The SMILES string of the molecule is CCCCC(=O)N(CCNC(=O)[C@@H](CS)Cc1ccccc1F)Cc1ccc(-c2ccccc2S(=O)(=O)NC(=O)[C@H](C)O)cc1F. The smallest absolute Gasteiger partial charge is 0.264 e. The number of aliphatic hydroxyl groups is 1. The molecule has 9 nitrogen and oxygen atoms in total. The Hall–Kier alpha value is -3.81. The summed E-state index contributed by atoms with van der Waals surface area (Å²) in [6.45, 7) is 3.15. The number of unbranched alkanes of at least 4 members (excludes halogenated alkanes) is 1. The van der Waals surface area contributed by atoms with Crippen molar-refractivity contribution in [3.05, 3.63) is 89.5 Å². The van der Waals surface area contributed by atoms with Crippen molar-refractivity contribution in [1.29, 1.82) is 0 Å². The minimum atomic E-state index is -4.38. The monoisotopic (exact) mass is 675 g/mol. The third-order valence-electron chi connectivity index (χ3n) is 7.31. The molecule has 0 saturated carbocycles. The average Bonchev–Trinajstić information content (AvgIpc) is 3.03. The summed E-state index contributed by atoms with van der Waals surface area (Å²) < 4.78 is 57.2. The molecule has 0 unspecified atom stereocenters. The maximum Gasteiger partial charge on any atom is 0.264 e. The summed E-state index contributed by atoms with van der Waals surface area (Å²) in [7, 11) is -4.38. The minimum absolute atomic E-state index is 0.0847. The van der Waals surface area contributed by atoms with E-state index in [4.69, 9.17) is 0 Å². The number of aliphatic hydroxyl groups excluding tert-OH is 1. The van der Waals surface area contributed by atoms with E-state index in [1.807, 2.05) is 11.6 Å². The van der Waals surface area contributed by atoms with Gasteiger partial charge in [-0.15, -0.1) is 0 Å². The zero-order chi connectivity index (χ0) is 33.9. The van der Waals surface area contributed by atoms with Crippen LogP contribution in [0.15, 0.2) is 71.6 Å². The van der Waals surface area contributed by atoms with Gasteiger partial charge in [-0.05, 0) is 49.1 Å². The van der Waals surface area contributed by atoms with Crippen molar-refractivity contribution in [1.82, 2.24) is 14.9 Å². The molecular formula is C33H39F2N3O6S2. The number of hydrogen-bond donors (Lipinski definition) is 4. The fraction of sp³-hybridized carbons (Fsp3) is 0.364. The van der Waals surface area contributed by atoms with Crippen LogP contribution in [0.3, 0.4) is 0 Å². The molecule has 0 aliphatic heterocycles. The van der Waals surface area contributed by atoms with Gasteiger partial charge in [0.15, 0.2) is 0 Å². The van der Waals surface area contributed by atoms with Crippen LogP contribution in [0.25, 0.3) is 11.1 Å². The fourth-order valence-electron chi connectivity index (χ4n) is 4.67. The standard InChI is InChI=1S/C33H39F2N3O6S2/c1-3-4-13-31(40)38(17-16-36-33(42)26(21-45)18-24-9-5-7-11-28(24)34)20-25-15-14-23(19-29(25)35)27-10-6-8-12-30(27)46(43,44)37-32(41)22(2)39/h5-12,14-15,19,22,26,39,45H,3-4,13,16-18,20-21H2,1-2H3,(H,36,42)(H,37,41)/t22-,26+/m0/s1. The van der Waals surface area contributed by atoms with Crippen molar-refractivity contribution in [2.45, 2.75) is 57.1 Å². The molecule has 3 amide bonds. The number of carbonyl (C=O) groups is 3. The first-order valence-electron chi connectivity index (χ1n) is 14.9. The van der Waals surface area contributed by atoms with Gasteiger partial charge in [-0.2, -0.15) is 12.6 Å². The van der Waals surface area contributed by atoms with Crippen LogP contribution in [0.5, 0.6) is 0 Å². The Bertz CT molecular complexity index is 1640. The first-order valence-corrected chi connectivity index (χ1v) is 17.0. The van der Waals surface area contributed by atoms with Crippen LogP contribution in [0, 0.1) is 17.6 Å². The van der Waals surface area contributed by atoms with E-state index in [0.29, 0.717) is 12.0 Å². The molecule has 0 saturated heterocycles. The van der Waals surface area contributed by atoms with E-state index >= 15 is 4.39 Å². The lowest BCUT2D eigenvalue weighted by Crippen LogP contribution is -2.41. The van der Waals surface area contributed by atoms with Crippen molar-refractivity contribution in [2.75, 3.05) is 18.8 Å². The number of nitrogens with zero attached hydrogens (tertiary/aromatic N) is 1. The lowest BCUT2D eigenvalue weighted by Gasteiger charge is -2.24. The van der Waals surface area contributed by atoms with Crippen molar-refractivity contribution in [2.24, 2.45) is 5.92 Å². The summed E-state index contributed by atoms with van der Waals surface area (Å²) >= 11 is 4.26. The summed E-state index contributed by atoms with van der Waals surface area (Å²) in [5.74, 6) is -3.16. The molecule has 2 atom stereocenters. The van der Waals surface area contributed by atoms with Crippen LogP contribution in [0.1, 0.15) is 44.2 Å². The Morgan fingerprint density at radius 3 is 2.30 bits per heavy atom. The second-order valence-electron chi connectivity index (χ2n) is 10.8. The summed E-state index contributed by atoms with van der Waals surface area (Å²) in [6, 6.07) is 16.0. The third-order valence-corrected chi connectivity index (χ3v) is 9.16. The van der Waals surface area contributed by atoms with Crippen molar-refractivity contribution in [3.8, 4) is 11.1 Å². The normalized spacial score (nSPS) is 12.7. The Kier molecular flexibility index (Phi) is 13.7. The van der Waals surface area contributed by atoms with Gasteiger partial charge < -0.3 is 15.3 Å². The van der Waals surface area contributed by atoms with Gasteiger partial charge in [0.25, 0.3) is 15.9 Å². The average molecular weight is 676 g/mol. The number of sulfonamides is 1. The Morgan fingerprint density at radius 2 is 1.65 bits per heavy atom. The molecule has 46 heavy (non-hydrogen) atoms. The van der Waals surface area contributed by atoms with Crippen LogP contribution in [-0.4, -0.2) is 61.1 Å². The van der Waals surface area contributed by atoms with Crippen molar-refractivity contribution >= 4 is 40.4 Å². The van der Waals surface area contributed by atoms with Gasteiger partial charge >= 0.3 is 0 Å². The minimum Gasteiger partial charge on any atom is -0.384 e. The van der Waals surface area contributed by atoms with Gasteiger partial charge in [-0.3, -0.25) is 14.4 Å². The largest absolute Gasteiger partial charge is 0.384 e. The molecule has 0 aromatic heterocycles. The van der Waals surface area contributed by atoms with Gasteiger partial charge in [0.2, 0.25) is 11.8 Å². The van der Waals surface area contributed by atoms with Gasteiger partial charge in [-0.1, -0.05) is 61.9 Å². The maximum atomic E-state index is 15.5. The highest BCUT2D eigenvalue weighted by molar-refractivity contribution is 7.90. The Morgan fingerprint density at radius 1 is 0.957 bits per heavy atom. The second-order valence-corrected chi connectivity index (χ2v) is 12.8. The van der Waals surface area contributed by atoms with E-state index in [1.54, 1.807) is 24.3 Å². The molecule has 0 aliphatic rings. The zero-order valence-corrected chi connectivity index (χ0v) is 27.4. The number of nitrogens with one attached hydrogen (secondary N) is 2. The number of rotatable bonds is 16. The van der Waals surface area contributed by atoms with E-state index in [1.165, 1.54) is 41.3 Å². The molecule has 3 aromatic carbocycles. The zero-order valence-electron chi connectivity index (χ0n) is 25.7. The summed E-state index contributed by atoms with van der Waals surface area (Å²) in [5, 5.41) is 12.2. The molecule has 248 valence electrons. The topological polar surface area (TPSA) is 133 Å². The molecular weight excluding hydrogens is 637 g/mol. The molecule has 0 bridgehead atoms. The van der Waals surface area contributed by atoms with Crippen LogP contribution >= 0.6 is 12.6 Å². The predicted octanol–water partition coefficient (Wildman–Crippen LogP) is 4.24. The quantitative estimate of drug-likeness (QED) is 0.168. The summed E-state index contributed by atoms with van der Waals surface area (Å²) in [6.07, 6.45) is 0.248. The first-order chi connectivity index (χ1) is 21.9. The summed E-state index contributed by atoms with van der Waals surface area (Å²) in [5.41, 5.74) is 0.925. The number of benzene rings is 3. The number of thiol groups is 1. The molecule has 0 radical (unpaired) electrons. The molecule has 3 rings (SSSR count). The van der Waals surface area contributed by atoms with Crippen LogP contribution in [0.4, 0.5) is 8.78 Å². The number of halogens is 2. The van der Waals surface area contributed by atoms with Crippen LogP contribution < -0.4 is 10.0 Å². The van der Waals surface area contributed by atoms with Gasteiger partial charge in [0, 0.05) is 42.9 Å². The maximum absolute atomic E-state index is 15.5. The van der Waals surface area contributed by atoms with Crippen molar-refractivity contribution in [3.63, 3.8) is 0 Å². The van der Waals surface area contributed by atoms with Gasteiger partial charge in [-0.25, -0.2) is 21.9 Å². The Labute approximate surface area is 273 Å². The lowest BCUT2D eigenvalue weighted by atomic mass is 9.99. The highest BCUT2D eigenvalue weighted by Gasteiger charge is 2.25. The molecule has 0 heterocycles. The second kappa shape index (κ2) is 17.2. The van der Waals surface area contributed by atoms with Crippen molar-refractivity contribution < 1.29 is 36.7 Å². The highest BCUT2D eigenvalue weighted by Crippen LogP contribution is 2.29. The predicted molar refractivity (Wildman–Crippen MR) is 174 cm³/mol. The highest BCUT2D eigenvalue weighted by atomic mass is 32.2. The molecule has 13 heteroatoms. The third kappa shape index (κ3) is 10.1. The number of carbonyl (C=O) groups excluding carboxylic acids is 3. The van der Waals surface area contributed by atoms with E-state index in [9.17, 15) is 32.3 Å². The van der Waals surface area contributed by atoms with Crippen LogP contribution in [-0.2, 0) is 37.4 Å². The lowest BCUT2D eigenvalue weighted by molar-refractivity contribution is -0.132. The first kappa shape index (κ1) is 36.7. The van der Waals surface area contributed by atoms with E-state index in [0.717, 1.165) is 19.4 Å². The number of amides is 3.